The van der Waals surface area contributed by atoms with Gasteiger partial charge in [0.15, 0.2) is 5.16 Å². The number of hydrogen-bond acceptors (Lipinski definition) is 7. The van der Waals surface area contributed by atoms with E-state index in [1.54, 1.807) is 41.0 Å². The Balaban J connectivity index is 1.54. The second-order valence-electron chi connectivity index (χ2n) is 7.19. The summed E-state index contributed by atoms with van der Waals surface area (Å²) >= 11 is 1.20. The van der Waals surface area contributed by atoms with E-state index in [-0.39, 0.29) is 23.8 Å². The third-order valence-electron chi connectivity index (χ3n) is 4.78. The van der Waals surface area contributed by atoms with E-state index in [1.807, 2.05) is 0 Å². The van der Waals surface area contributed by atoms with Gasteiger partial charge < -0.3 is 19.9 Å². The van der Waals surface area contributed by atoms with Gasteiger partial charge in [0.25, 0.3) is 5.91 Å². The summed E-state index contributed by atoms with van der Waals surface area (Å²) in [4.78, 5) is 36.1. The highest BCUT2D eigenvalue weighted by molar-refractivity contribution is 7.99. The van der Waals surface area contributed by atoms with Gasteiger partial charge in [-0.05, 0) is 36.4 Å². The maximum absolute atomic E-state index is 13.8. The molecule has 0 bridgehead atoms. The topological polar surface area (TPSA) is 115 Å². The Morgan fingerprint density at radius 3 is 2.57 bits per heavy atom. The first kappa shape index (κ1) is 25.6. The summed E-state index contributed by atoms with van der Waals surface area (Å²) in [6, 6.07) is 12.1. The minimum atomic E-state index is -0.587. The van der Waals surface area contributed by atoms with Crippen LogP contribution in [0.2, 0.25) is 0 Å². The number of carbonyl (C=O) groups excluding carboxylic acids is 3. The van der Waals surface area contributed by atoms with E-state index < -0.39 is 17.7 Å². The lowest BCUT2D eigenvalue weighted by Gasteiger charge is -2.09. The fraction of sp³-hybridized carbons (Fsp3) is 0.208. The summed E-state index contributed by atoms with van der Waals surface area (Å²) in [5.74, 6) is -1.13. The molecule has 0 aliphatic heterocycles. The van der Waals surface area contributed by atoms with Crippen molar-refractivity contribution < 1.29 is 23.5 Å². The Bertz CT molecular complexity index is 1210. The number of nitrogens with zero attached hydrogens (tertiary/aromatic N) is 3. The molecule has 1 heterocycles. The van der Waals surface area contributed by atoms with Crippen molar-refractivity contribution in [1.29, 1.82) is 0 Å². The van der Waals surface area contributed by atoms with Gasteiger partial charge in [0.2, 0.25) is 5.91 Å². The zero-order valence-electron chi connectivity index (χ0n) is 19.0. The number of allylic oxidation sites excluding steroid dienone is 1. The monoisotopic (exact) mass is 497 g/mol. The molecule has 0 fully saturated rings. The third-order valence-corrected chi connectivity index (χ3v) is 5.75. The summed E-state index contributed by atoms with van der Waals surface area (Å²) in [6.07, 6.45) is 2.04. The van der Waals surface area contributed by atoms with Gasteiger partial charge >= 0.3 is 5.97 Å². The number of anilines is 1. The highest BCUT2D eigenvalue weighted by atomic mass is 32.2. The fourth-order valence-corrected chi connectivity index (χ4v) is 3.85. The van der Waals surface area contributed by atoms with Gasteiger partial charge in [-0.25, -0.2) is 9.18 Å². The van der Waals surface area contributed by atoms with E-state index in [9.17, 15) is 18.8 Å². The van der Waals surface area contributed by atoms with Crippen LogP contribution in [0.4, 0.5) is 10.1 Å². The maximum Gasteiger partial charge on any atom is 0.337 e. The van der Waals surface area contributed by atoms with Crippen LogP contribution in [0.15, 0.2) is 66.3 Å². The molecule has 11 heteroatoms. The third kappa shape index (κ3) is 7.00. The van der Waals surface area contributed by atoms with E-state index in [0.717, 1.165) is 0 Å². The van der Waals surface area contributed by atoms with Crippen molar-refractivity contribution in [1.82, 2.24) is 20.1 Å². The summed E-state index contributed by atoms with van der Waals surface area (Å²) < 4.78 is 20.2. The zero-order valence-corrected chi connectivity index (χ0v) is 19.8. The van der Waals surface area contributed by atoms with Gasteiger partial charge in [0.05, 0.1) is 24.0 Å². The fourth-order valence-electron chi connectivity index (χ4n) is 3.09. The molecular formula is C24H24FN5O4S. The molecule has 0 atom stereocenters. The number of nitrogens with one attached hydrogen (secondary N) is 2. The standard InChI is InChI=1S/C24H24FN5O4S/c1-3-14-30-20(12-13-26-22(32)18-6-4-5-7-19(18)25)28-29-24(30)35-15-21(31)27-17-10-8-16(9-11-17)23(33)34-2/h3-11H,1,12-15H2,2H3,(H,26,32)(H,27,31). The molecule has 2 aromatic carbocycles. The molecule has 0 spiro atoms. The Morgan fingerprint density at radius 1 is 1.14 bits per heavy atom. The Labute approximate surface area is 205 Å². The molecule has 3 rings (SSSR count). The number of ether oxygens (including phenoxy) is 1. The SMILES string of the molecule is C=CCn1c(CCNC(=O)c2ccccc2F)nnc1SCC(=O)Nc1ccc(C(=O)OC)cc1. The number of hydrogen-bond donors (Lipinski definition) is 2. The van der Waals surface area contributed by atoms with E-state index in [2.05, 4.69) is 32.1 Å². The molecule has 2 N–H and O–H groups in total. The number of carbonyl (C=O) groups is 3. The molecule has 9 nitrogen and oxygen atoms in total. The van der Waals surface area contributed by atoms with Crippen molar-refractivity contribution in [3.05, 3.63) is 84.0 Å². The van der Waals surface area contributed by atoms with E-state index in [4.69, 9.17) is 0 Å². The highest BCUT2D eigenvalue weighted by Crippen LogP contribution is 2.19. The molecule has 0 unspecified atom stereocenters. The number of benzene rings is 2. The molecular weight excluding hydrogens is 473 g/mol. The van der Waals surface area contributed by atoms with Crippen LogP contribution in [-0.2, 0) is 22.5 Å². The molecule has 3 aromatic rings. The molecule has 0 aliphatic carbocycles. The summed E-state index contributed by atoms with van der Waals surface area (Å²) in [7, 11) is 1.30. The Morgan fingerprint density at radius 2 is 1.89 bits per heavy atom. The lowest BCUT2D eigenvalue weighted by molar-refractivity contribution is -0.113. The van der Waals surface area contributed by atoms with Crippen LogP contribution in [-0.4, -0.2) is 52.0 Å². The van der Waals surface area contributed by atoms with Gasteiger partial charge in [0.1, 0.15) is 11.6 Å². The second-order valence-corrected chi connectivity index (χ2v) is 8.13. The van der Waals surface area contributed by atoms with Gasteiger partial charge in [-0.1, -0.05) is 30.0 Å². The number of aromatic nitrogens is 3. The van der Waals surface area contributed by atoms with Crippen molar-refractivity contribution in [2.45, 2.75) is 18.1 Å². The lowest BCUT2D eigenvalue weighted by atomic mass is 10.2. The molecule has 35 heavy (non-hydrogen) atoms. The number of methoxy groups -OCH3 is 1. The molecule has 0 aliphatic rings. The second kappa shape index (κ2) is 12.5. The Kier molecular flexibility index (Phi) is 9.13. The minimum Gasteiger partial charge on any atom is -0.465 e. The van der Waals surface area contributed by atoms with Gasteiger partial charge in [-0.2, -0.15) is 0 Å². The molecule has 1 aromatic heterocycles. The number of amides is 2. The first-order valence-electron chi connectivity index (χ1n) is 10.6. The smallest absolute Gasteiger partial charge is 0.337 e. The van der Waals surface area contributed by atoms with Crippen LogP contribution >= 0.6 is 11.8 Å². The van der Waals surface area contributed by atoms with Crippen LogP contribution in [0.3, 0.4) is 0 Å². The van der Waals surface area contributed by atoms with Gasteiger partial charge in [-0.3, -0.25) is 9.59 Å². The van der Waals surface area contributed by atoms with Crippen LogP contribution < -0.4 is 10.6 Å². The highest BCUT2D eigenvalue weighted by Gasteiger charge is 2.15. The summed E-state index contributed by atoms with van der Waals surface area (Å²) in [5.41, 5.74) is 0.902. The Hall–Kier alpha value is -3.99. The number of thioether (sulfide) groups is 1. The van der Waals surface area contributed by atoms with Crippen molar-refractivity contribution in [2.75, 3.05) is 24.7 Å². The maximum atomic E-state index is 13.8. The normalized spacial score (nSPS) is 10.5. The molecule has 0 radical (unpaired) electrons. The molecule has 0 saturated carbocycles. The quantitative estimate of drug-likeness (QED) is 0.238. The predicted octanol–water partition coefficient (Wildman–Crippen LogP) is 3.09. The minimum absolute atomic E-state index is 0.0257. The summed E-state index contributed by atoms with van der Waals surface area (Å²) in [6.45, 7) is 4.39. The predicted molar refractivity (Wildman–Crippen MR) is 130 cm³/mol. The van der Waals surface area contributed by atoms with E-state index in [0.29, 0.717) is 35.2 Å². The van der Waals surface area contributed by atoms with Crippen LogP contribution in [0.1, 0.15) is 26.5 Å². The van der Waals surface area contributed by atoms with Crippen LogP contribution in [0.25, 0.3) is 0 Å². The van der Waals surface area contributed by atoms with E-state index in [1.165, 1.54) is 37.1 Å². The van der Waals surface area contributed by atoms with Crippen molar-refractivity contribution in [2.24, 2.45) is 0 Å². The van der Waals surface area contributed by atoms with Crippen LogP contribution in [0.5, 0.6) is 0 Å². The largest absolute Gasteiger partial charge is 0.465 e. The molecule has 0 saturated heterocycles. The number of esters is 1. The lowest BCUT2D eigenvalue weighted by Crippen LogP contribution is -2.27. The molecule has 182 valence electrons. The van der Waals surface area contributed by atoms with Crippen molar-refractivity contribution in [3.8, 4) is 0 Å². The first-order valence-corrected chi connectivity index (χ1v) is 11.6. The average Bonchev–Trinajstić information content (AvgIpc) is 3.24. The number of halogens is 1. The first-order chi connectivity index (χ1) is 16.9. The number of rotatable bonds is 11. The average molecular weight is 498 g/mol. The van der Waals surface area contributed by atoms with Gasteiger partial charge in [-0.15, -0.1) is 16.8 Å². The van der Waals surface area contributed by atoms with Crippen molar-refractivity contribution >= 4 is 35.2 Å². The summed E-state index contributed by atoms with van der Waals surface area (Å²) in [5, 5.41) is 14.3. The molecule has 2 amide bonds. The zero-order chi connectivity index (χ0) is 25.2. The van der Waals surface area contributed by atoms with Crippen molar-refractivity contribution in [3.63, 3.8) is 0 Å². The van der Waals surface area contributed by atoms with Crippen LogP contribution in [0, 0.1) is 5.82 Å². The van der Waals surface area contributed by atoms with Gasteiger partial charge in [0, 0.05) is 25.2 Å². The van der Waals surface area contributed by atoms with E-state index >= 15 is 0 Å².